The maximum absolute atomic E-state index is 12.6. The molecular weight excluding hydrogens is 276 g/mol. The molecule has 0 aliphatic carbocycles. The second kappa shape index (κ2) is 6.14. The van der Waals surface area contributed by atoms with Gasteiger partial charge in [-0.25, -0.2) is 0 Å². The van der Waals surface area contributed by atoms with Gasteiger partial charge in [-0.15, -0.1) is 0 Å². The van der Waals surface area contributed by atoms with Crippen molar-refractivity contribution in [2.24, 2.45) is 0 Å². The van der Waals surface area contributed by atoms with Crippen LogP contribution in [0.4, 0.5) is 0 Å². The second-order valence-electron chi connectivity index (χ2n) is 6.38. The normalized spacial score (nSPS) is 11.2. The van der Waals surface area contributed by atoms with Crippen molar-refractivity contribution in [2.75, 3.05) is 0 Å². The Morgan fingerprint density at radius 1 is 0.955 bits per heavy atom. The molecule has 0 saturated carbocycles. The van der Waals surface area contributed by atoms with Crippen LogP contribution in [0.1, 0.15) is 47.8 Å². The minimum absolute atomic E-state index is 0.0305. The lowest BCUT2D eigenvalue weighted by atomic mass is 9.86. The quantitative estimate of drug-likeness (QED) is 0.872. The first-order chi connectivity index (χ1) is 10.3. The number of hydrogen-bond donors (Lipinski definition) is 1. The number of aliphatic carboxylic acids is 1. The van der Waals surface area contributed by atoms with E-state index in [1.54, 1.807) is 36.4 Å². The molecule has 0 radical (unpaired) electrons. The van der Waals surface area contributed by atoms with E-state index in [9.17, 15) is 9.59 Å². The molecule has 114 valence electrons. The molecular formula is C19H20O3. The number of carbonyl (C=O) groups is 2. The average molecular weight is 296 g/mol. The van der Waals surface area contributed by atoms with Gasteiger partial charge in [-0.05, 0) is 16.5 Å². The molecule has 0 heterocycles. The fourth-order valence-electron chi connectivity index (χ4n) is 2.34. The first kappa shape index (κ1) is 16.0. The zero-order valence-corrected chi connectivity index (χ0v) is 13.1. The van der Waals surface area contributed by atoms with E-state index in [4.69, 9.17) is 5.11 Å². The van der Waals surface area contributed by atoms with Crippen molar-refractivity contribution >= 4 is 11.8 Å². The van der Waals surface area contributed by atoms with Gasteiger partial charge in [-0.3, -0.25) is 9.59 Å². The van der Waals surface area contributed by atoms with Crippen LogP contribution in [-0.4, -0.2) is 16.9 Å². The summed E-state index contributed by atoms with van der Waals surface area (Å²) in [5.74, 6) is -1.08. The fraction of sp³-hybridized carbons (Fsp3) is 0.263. The Kier molecular flexibility index (Phi) is 4.45. The molecule has 0 atom stereocenters. The number of benzene rings is 2. The molecule has 0 bridgehead atoms. The van der Waals surface area contributed by atoms with Crippen LogP contribution in [0.3, 0.4) is 0 Å². The van der Waals surface area contributed by atoms with E-state index in [0.717, 1.165) is 5.56 Å². The van der Waals surface area contributed by atoms with Crippen LogP contribution in [0.2, 0.25) is 0 Å². The van der Waals surface area contributed by atoms with E-state index in [2.05, 4.69) is 20.8 Å². The van der Waals surface area contributed by atoms with Crippen LogP contribution >= 0.6 is 0 Å². The smallest absolute Gasteiger partial charge is 0.307 e. The second-order valence-corrected chi connectivity index (χ2v) is 6.38. The van der Waals surface area contributed by atoms with E-state index in [0.29, 0.717) is 16.7 Å². The van der Waals surface area contributed by atoms with Crippen LogP contribution < -0.4 is 0 Å². The maximum atomic E-state index is 12.6. The number of carboxylic acid groups (broad SMARTS) is 1. The Morgan fingerprint density at radius 3 is 2.09 bits per heavy atom. The van der Waals surface area contributed by atoms with Crippen molar-refractivity contribution in [3.05, 3.63) is 70.8 Å². The number of carboxylic acids is 1. The molecule has 0 saturated heterocycles. The lowest BCUT2D eigenvalue weighted by Crippen LogP contribution is -2.12. The van der Waals surface area contributed by atoms with Crippen LogP contribution in [-0.2, 0) is 16.6 Å². The Bertz CT molecular complexity index is 691. The summed E-state index contributed by atoms with van der Waals surface area (Å²) >= 11 is 0. The molecule has 2 rings (SSSR count). The monoisotopic (exact) mass is 296 g/mol. The number of ketones is 1. The highest BCUT2D eigenvalue weighted by atomic mass is 16.4. The molecule has 0 aliphatic heterocycles. The summed E-state index contributed by atoms with van der Waals surface area (Å²) in [6, 6.07) is 14.4. The average Bonchev–Trinajstić information content (AvgIpc) is 2.46. The molecule has 3 heteroatoms. The molecule has 0 fully saturated rings. The van der Waals surface area contributed by atoms with Crippen LogP contribution in [0.5, 0.6) is 0 Å². The van der Waals surface area contributed by atoms with Crippen LogP contribution in [0.15, 0.2) is 48.5 Å². The SMILES string of the molecule is CC(C)(C)c1ccc(C(=O)c2ccccc2CC(=O)O)cc1. The van der Waals surface area contributed by atoms with Crippen molar-refractivity contribution in [3.63, 3.8) is 0 Å². The van der Waals surface area contributed by atoms with E-state index in [1.165, 1.54) is 0 Å². The summed E-state index contributed by atoms with van der Waals surface area (Å²) in [5, 5.41) is 8.96. The van der Waals surface area contributed by atoms with Crippen molar-refractivity contribution < 1.29 is 14.7 Å². The van der Waals surface area contributed by atoms with E-state index < -0.39 is 5.97 Å². The summed E-state index contributed by atoms with van der Waals surface area (Å²) in [4.78, 5) is 23.5. The van der Waals surface area contributed by atoms with Crippen molar-refractivity contribution in [1.29, 1.82) is 0 Å². The number of rotatable bonds is 4. The topological polar surface area (TPSA) is 54.4 Å². The van der Waals surface area contributed by atoms with Gasteiger partial charge in [0.05, 0.1) is 6.42 Å². The molecule has 2 aromatic carbocycles. The van der Waals surface area contributed by atoms with E-state index in [-0.39, 0.29) is 17.6 Å². The highest BCUT2D eigenvalue weighted by Crippen LogP contribution is 2.23. The zero-order chi connectivity index (χ0) is 16.3. The standard InChI is InChI=1S/C19H20O3/c1-19(2,3)15-10-8-13(9-11-15)18(22)16-7-5-4-6-14(16)12-17(20)21/h4-11H,12H2,1-3H3,(H,20,21). The lowest BCUT2D eigenvalue weighted by Gasteiger charge is -2.19. The first-order valence-electron chi connectivity index (χ1n) is 7.24. The van der Waals surface area contributed by atoms with Gasteiger partial charge in [0.1, 0.15) is 0 Å². The zero-order valence-electron chi connectivity index (χ0n) is 13.1. The van der Waals surface area contributed by atoms with Crippen molar-refractivity contribution in [3.8, 4) is 0 Å². The minimum Gasteiger partial charge on any atom is -0.481 e. The molecule has 0 aliphatic rings. The highest BCUT2D eigenvalue weighted by molar-refractivity contribution is 6.10. The van der Waals surface area contributed by atoms with Gasteiger partial charge in [0, 0.05) is 11.1 Å². The largest absolute Gasteiger partial charge is 0.481 e. The fourth-order valence-corrected chi connectivity index (χ4v) is 2.34. The summed E-state index contributed by atoms with van der Waals surface area (Å²) in [5.41, 5.74) is 2.75. The molecule has 22 heavy (non-hydrogen) atoms. The minimum atomic E-state index is -0.941. The molecule has 0 amide bonds. The summed E-state index contributed by atoms with van der Waals surface area (Å²) in [6.45, 7) is 6.35. The molecule has 3 nitrogen and oxygen atoms in total. The van der Waals surface area contributed by atoms with Crippen LogP contribution in [0.25, 0.3) is 0 Å². The Morgan fingerprint density at radius 2 is 1.55 bits per heavy atom. The van der Waals surface area contributed by atoms with E-state index >= 15 is 0 Å². The molecule has 1 N–H and O–H groups in total. The van der Waals surface area contributed by atoms with Gasteiger partial charge < -0.3 is 5.11 Å². The van der Waals surface area contributed by atoms with Gasteiger partial charge in [0.2, 0.25) is 0 Å². The first-order valence-corrected chi connectivity index (χ1v) is 7.24. The summed E-state index contributed by atoms with van der Waals surface area (Å²) in [7, 11) is 0. The Labute approximate surface area is 130 Å². The van der Waals surface area contributed by atoms with Gasteiger partial charge in [0.15, 0.2) is 5.78 Å². The third kappa shape index (κ3) is 3.61. The molecule has 0 unspecified atom stereocenters. The van der Waals surface area contributed by atoms with Gasteiger partial charge >= 0.3 is 5.97 Å². The number of hydrogen-bond acceptors (Lipinski definition) is 2. The molecule has 0 spiro atoms. The lowest BCUT2D eigenvalue weighted by molar-refractivity contribution is -0.136. The van der Waals surface area contributed by atoms with Gasteiger partial charge in [-0.1, -0.05) is 69.3 Å². The predicted molar refractivity (Wildman–Crippen MR) is 86.4 cm³/mol. The van der Waals surface area contributed by atoms with E-state index in [1.807, 2.05) is 12.1 Å². The van der Waals surface area contributed by atoms with Crippen molar-refractivity contribution in [1.82, 2.24) is 0 Å². The third-order valence-corrected chi connectivity index (χ3v) is 3.62. The van der Waals surface area contributed by atoms with Gasteiger partial charge in [0.25, 0.3) is 0 Å². The Hall–Kier alpha value is -2.42. The van der Waals surface area contributed by atoms with Crippen molar-refractivity contribution in [2.45, 2.75) is 32.6 Å². The number of carbonyl (C=O) groups excluding carboxylic acids is 1. The van der Waals surface area contributed by atoms with Crippen LogP contribution in [0, 0.1) is 0 Å². The third-order valence-electron chi connectivity index (χ3n) is 3.62. The Balaban J connectivity index is 2.34. The maximum Gasteiger partial charge on any atom is 0.307 e. The summed E-state index contributed by atoms with van der Waals surface area (Å²) < 4.78 is 0. The highest BCUT2D eigenvalue weighted by Gasteiger charge is 2.17. The molecule has 0 aromatic heterocycles. The summed E-state index contributed by atoms with van der Waals surface area (Å²) in [6.07, 6.45) is -0.151. The molecule has 2 aromatic rings. The predicted octanol–water partition coefficient (Wildman–Crippen LogP) is 3.84. The van der Waals surface area contributed by atoms with Gasteiger partial charge in [-0.2, -0.15) is 0 Å².